The van der Waals surface area contributed by atoms with Crippen molar-refractivity contribution in [2.24, 2.45) is 14.1 Å². The molecule has 3 heteroatoms. The van der Waals surface area contributed by atoms with Gasteiger partial charge >= 0.3 is 0 Å². The molecular weight excluding hydrogens is 200 g/mol. The molecule has 2 heterocycles. The second kappa shape index (κ2) is 2.98. The minimum Gasteiger partial charge on any atom is -0.346 e. The fourth-order valence-electron chi connectivity index (χ4n) is 2.28. The second-order valence-electron chi connectivity index (χ2n) is 4.07. The van der Waals surface area contributed by atoms with Gasteiger partial charge in [0.05, 0.1) is 5.52 Å². The molecule has 0 unspecified atom stereocenters. The van der Waals surface area contributed by atoms with E-state index >= 15 is 0 Å². The van der Waals surface area contributed by atoms with Crippen molar-refractivity contribution >= 4 is 21.8 Å². The summed E-state index contributed by atoms with van der Waals surface area (Å²) in [7, 11) is 3.72. The molecule has 0 aliphatic carbocycles. The lowest BCUT2D eigenvalue weighted by Crippen LogP contribution is -2.18. The molecule has 16 heavy (non-hydrogen) atoms. The lowest BCUT2D eigenvalue weighted by molar-refractivity contribution is 0.887. The van der Waals surface area contributed by atoms with Crippen LogP contribution in [0.3, 0.4) is 0 Å². The molecule has 2 aromatic heterocycles. The van der Waals surface area contributed by atoms with E-state index in [0.29, 0.717) is 0 Å². The largest absolute Gasteiger partial charge is 0.346 e. The highest BCUT2D eigenvalue weighted by molar-refractivity contribution is 6.04. The van der Waals surface area contributed by atoms with Crippen LogP contribution in [-0.2, 0) is 14.1 Å². The maximum atomic E-state index is 12.2. The zero-order valence-corrected chi connectivity index (χ0v) is 9.27. The Bertz CT molecular complexity index is 750. The highest BCUT2D eigenvalue weighted by atomic mass is 16.1. The molecule has 3 aromatic rings. The standard InChI is InChI=1S/C13H12N2O/c1-14-8-7-10-9-5-3-4-6-11(9)15(2)13(16)12(10)14/h3-8H,1-2H3. The Morgan fingerprint density at radius 1 is 1.00 bits per heavy atom. The zero-order valence-electron chi connectivity index (χ0n) is 9.27. The lowest BCUT2D eigenvalue weighted by atomic mass is 10.1. The molecule has 0 saturated carbocycles. The molecule has 0 aliphatic heterocycles. The van der Waals surface area contributed by atoms with E-state index in [1.54, 1.807) is 4.57 Å². The van der Waals surface area contributed by atoms with Crippen LogP contribution >= 0.6 is 0 Å². The molecule has 1 aromatic carbocycles. The minimum absolute atomic E-state index is 0.0567. The van der Waals surface area contributed by atoms with E-state index in [-0.39, 0.29) is 5.56 Å². The maximum absolute atomic E-state index is 12.2. The Hall–Kier alpha value is -2.03. The quantitative estimate of drug-likeness (QED) is 0.560. The van der Waals surface area contributed by atoms with Crippen LogP contribution in [0.5, 0.6) is 0 Å². The third-order valence-electron chi connectivity index (χ3n) is 3.14. The molecule has 0 radical (unpaired) electrons. The van der Waals surface area contributed by atoms with Crippen molar-refractivity contribution in [2.45, 2.75) is 0 Å². The van der Waals surface area contributed by atoms with Crippen LogP contribution in [-0.4, -0.2) is 9.13 Å². The number of aromatic nitrogens is 2. The summed E-state index contributed by atoms with van der Waals surface area (Å²) in [5, 5.41) is 2.15. The van der Waals surface area contributed by atoms with Crippen LogP contribution < -0.4 is 5.56 Å². The number of nitrogens with zero attached hydrogens (tertiary/aromatic N) is 2. The SMILES string of the molecule is Cn1ccc2c3ccccc3n(C)c(=O)c21. The number of benzene rings is 1. The molecule has 0 fully saturated rings. The van der Waals surface area contributed by atoms with Gasteiger partial charge in [-0.25, -0.2) is 0 Å². The van der Waals surface area contributed by atoms with Gasteiger partial charge in [0.15, 0.2) is 0 Å². The lowest BCUT2D eigenvalue weighted by Gasteiger charge is -2.06. The normalized spacial score (nSPS) is 11.4. The Kier molecular flexibility index (Phi) is 1.72. The Balaban J connectivity index is 2.76. The molecule has 0 N–H and O–H groups in total. The Labute approximate surface area is 92.5 Å². The maximum Gasteiger partial charge on any atom is 0.275 e. The van der Waals surface area contributed by atoms with Gasteiger partial charge in [0.1, 0.15) is 5.52 Å². The fraction of sp³-hybridized carbons (Fsp3) is 0.154. The molecule has 0 saturated heterocycles. The van der Waals surface area contributed by atoms with Crippen molar-refractivity contribution in [1.82, 2.24) is 9.13 Å². The molecular formula is C13H12N2O. The molecule has 0 atom stereocenters. The van der Waals surface area contributed by atoms with Crippen molar-refractivity contribution in [2.75, 3.05) is 0 Å². The van der Waals surface area contributed by atoms with Crippen LogP contribution in [0.25, 0.3) is 21.8 Å². The zero-order chi connectivity index (χ0) is 11.3. The predicted molar refractivity (Wildman–Crippen MR) is 65.7 cm³/mol. The topological polar surface area (TPSA) is 26.9 Å². The summed E-state index contributed by atoms with van der Waals surface area (Å²) in [4.78, 5) is 12.2. The smallest absolute Gasteiger partial charge is 0.275 e. The van der Waals surface area contributed by atoms with Gasteiger partial charge in [0, 0.05) is 31.1 Å². The molecule has 0 aliphatic rings. The molecule has 3 rings (SSSR count). The first-order valence-electron chi connectivity index (χ1n) is 5.23. The summed E-state index contributed by atoms with van der Waals surface area (Å²) < 4.78 is 3.59. The van der Waals surface area contributed by atoms with Crippen molar-refractivity contribution in [1.29, 1.82) is 0 Å². The Morgan fingerprint density at radius 3 is 2.56 bits per heavy atom. The first-order valence-corrected chi connectivity index (χ1v) is 5.23. The summed E-state index contributed by atoms with van der Waals surface area (Å²) in [5.41, 5.74) is 1.80. The average molecular weight is 212 g/mol. The Morgan fingerprint density at radius 2 is 1.75 bits per heavy atom. The number of rotatable bonds is 0. The second-order valence-corrected chi connectivity index (χ2v) is 4.07. The predicted octanol–water partition coefficient (Wildman–Crippen LogP) is 2.03. The monoisotopic (exact) mass is 212 g/mol. The van der Waals surface area contributed by atoms with E-state index in [2.05, 4.69) is 6.07 Å². The summed E-state index contributed by atoms with van der Waals surface area (Å²) in [6, 6.07) is 9.98. The fourth-order valence-corrected chi connectivity index (χ4v) is 2.28. The van der Waals surface area contributed by atoms with Crippen LogP contribution in [0, 0.1) is 0 Å². The van der Waals surface area contributed by atoms with Gasteiger partial charge < -0.3 is 9.13 Å². The molecule has 0 bridgehead atoms. The van der Waals surface area contributed by atoms with Gasteiger partial charge in [-0.05, 0) is 12.1 Å². The average Bonchev–Trinajstić information content (AvgIpc) is 2.69. The highest BCUT2D eigenvalue weighted by Crippen LogP contribution is 2.22. The van der Waals surface area contributed by atoms with Crippen molar-refractivity contribution < 1.29 is 0 Å². The van der Waals surface area contributed by atoms with Crippen molar-refractivity contribution in [3.63, 3.8) is 0 Å². The minimum atomic E-state index is 0.0567. The first-order chi connectivity index (χ1) is 7.70. The van der Waals surface area contributed by atoms with Crippen molar-refractivity contribution in [3.05, 3.63) is 46.9 Å². The van der Waals surface area contributed by atoms with Gasteiger partial charge in [-0.3, -0.25) is 4.79 Å². The molecule has 0 amide bonds. The van der Waals surface area contributed by atoms with Crippen LogP contribution in [0.2, 0.25) is 0 Å². The number of hydrogen-bond acceptors (Lipinski definition) is 1. The van der Waals surface area contributed by atoms with E-state index in [4.69, 9.17) is 0 Å². The molecule has 80 valence electrons. The van der Waals surface area contributed by atoms with Crippen LogP contribution in [0.15, 0.2) is 41.3 Å². The van der Waals surface area contributed by atoms with E-state index < -0.39 is 0 Å². The molecule has 3 nitrogen and oxygen atoms in total. The van der Waals surface area contributed by atoms with Crippen molar-refractivity contribution in [3.8, 4) is 0 Å². The first kappa shape index (κ1) is 9.21. The van der Waals surface area contributed by atoms with Gasteiger partial charge in [-0.15, -0.1) is 0 Å². The summed E-state index contributed by atoms with van der Waals surface area (Å²) in [6.45, 7) is 0. The highest BCUT2D eigenvalue weighted by Gasteiger charge is 2.09. The van der Waals surface area contributed by atoms with Gasteiger partial charge in [0.25, 0.3) is 5.56 Å². The van der Waals surface area contributed by atoms with E-state index in [0.717, 1.165) is 21.8 Å². The summed E-state index contributed by atoms with van der Waals surface area (Å²) >= 11 is 0. The number of para-hydroxylation sites is 1. The third kappa shape index (κ3) is 0.999. The van der Waals surface area contributed by atoms with Crippen LogP contribution in [0.1, 0.15) is 0 Å². The van der Waals surface area contributed by atoms with Crippen LogP contribution in [0.4, 0.5) is 0 Å². The van der Waals surface area contributed by atoms with E-state index in [1.165, 1.54) is 0 Å². The number of hydrogen-bond donors (Lipinski definition) is 0. The number of pyridine rings is 1. The summed E-state index contributed by atoms with van der Waals surface area (Å²) in [5.74, 6) is 0. The van der Waals surface area contributed by atoms with Gasteiger partial charge in [-0.1, -0.05) is 18.2 Å². The number of fused-ring (bicyclic) bond motifs is 3. The number of aryl methyl sites for hydroxylation is 2. The van der Waals surface area contributed by atoms with Gasteiger partial charge in [0.2, 0.25) is 0 Å². The third-order valence-corrected chi connectivity index (χ3v) is 3.14. The van der Waals surface area contributed by atoms with E-state index in [9.17, 15) is 4.79 Å². The van der Waals surface area contributed by atoms with Gasteiger partial charge in [-0.2, -0.15) is 0 Å². The van der Waals surface area contributed by atoms with E-state index in [1.807, 2.05) is 49.1 Å². The summed E-state index contributed by atoms with van der Waals surface area (Å²) in [6.07, 6.45) is 1.93. The molecule has 0 spiro atoms.